The van der Waals surface area contributed by atoms with Crippen LogP contribution in [0.3, 0.4) is 0 Å². The SMILES string of the molecule is CC(=O)Cn1c(=O)n(C2CC3CCCC(C2)N3C2CC3CCCCC(C3)C2)c(=O)c2ccccc21.CC(=O)c1nc2ccccc2c(=O)n1C1CC2CCCC(C1)N2C1CC2CCCC(C2)C1. The van der Waals surface area contributed by atoms with Crippen molar-refractivity contribution in [1.82, 2.24) is 28.5 Å². The molecular formula is C56H74N6O5. The summed E-state index contributed by atoms with van der Waals surface area (Å²) in [5.41, 5.74) is 0.654. The smallest absolute Gasteiger partial charge is 0.298 e. The molecule has 4 aliphatic heterocycles. The fourth-order valence-corrected chi connectivity index (χ4v) is 16.2. The predicted octanol–water partition coefficient (Wildman–Crippen LogP) is 9.79. The maximum absolute atomic E-state index is 13.7. The van der Waals surface area contributed by atoms with Gasteiger partial charge >= 0.3 is 5.69 Å². The highest BCUT2D eigenvalue weighted by molar-refractivity contribution is 5.93. The second-order valence-corrected chi connectivity index (χ2v) is 23.0. The zero-order valence-electron chi connectivity index (χ0n) is 40.2. The van der Waals surface area contributed by atoms with Gasteiger partial charge in [0.1, 0.15) is 5.78 Å². The van der Waals surface area contributed by atoms with E-state index in [1.165, 1.54) is 138 Å². The predicted molar refractivity (Wildman–Crippen MR) is 264 cm³/mol. The first-order valence-corrected chi connectivity index (χ1v) is 26.9. The number of ketones is 2. The van der Waals surface area contributed by atoms with Gasteiger partial charge in [0.25, 0.3) is 11.1 Å². The highest BCUT2D eigenvalue weighted by Crippen LogP contribution is 2.49. The number of carbonyl (C=O) groups excluding carboxylic acids is 2. The topological polar surface area (TPSA) is 120 Å². The Balaban J connectivity index is 0.000000148. The Hall–Kier alpha value is -4.22. The Morgan fingerprint density at radius 1 is 0.493 bits per heavy atom. The summed E-state index contributed by atoms with van der Waals surface area (Å²) in [7, 11) is 0. The van der Waals surface area contributed by atoms with Crippen LogP contribution in [0.5, 0.6) is 0 Å². The number of aromatic nitrogens is 4. The van der Waals surface area contributed by atoms with Crippen LogP contribution in [0.25, 0.3) is 21.8 Å². The van der Waals surface area contributed by atoms with E-state index >= 15 is 0 Å². The number of piperidine rings is 4. The van der Waals surface area contributed by atoms with Crippen LogP contribution in [0.4, 0.5) is 0 Å². The Kier molecular flexibility index (Phi) is 12.8. The summed E-state index contributed by atoms with van der Waals surface area (Å²) in [5.74, 6) is 3.80. The van der Waals surface area contributed by atoms with Crippen LogP contribution in [0, 0.1) is 23.7 Å². The van der Waals surface area contributed by atoms with E-state index in [-0.39, 0.29) is 47.0 Å². The van der Waals surface area contributed by atoms with E-state index in [1.54, 1.807) is 23.6 Å². The largest absolute Gasteiger partial charge is 0.332 e. The lowest BCUT2D eigenvalue weighted by atomic mass is 9.68. The molecule has 8 unspecified atom stereocenters. The third-order valence-corrected chi connectivity index (χ3v) is 18.6. The fraction of sp³-hybridized carbons (Fsp3) is 0.679. The summed E-state index contributed by atoms with van der Waals surface area (Å²) in [6, 6.07) is 18.1. The maximum atomic E-state index is 13.7. The molecule has 6 heterocycles. The van der Waals surface area contributed by atoms with Gasteiger partial charge in [-0.1, -0.05) is 82.1 Å². The van der Waals surface area contributed by atoms with Gasteiger partial charge in [0.15, 0.2) is 11.6 Å². The number of carbonyl (C=O) groups is 2. The Bertz CT molecular complexity index is 2630. The molecule has 4 saturated carbocycles. The van der Waals surface area contributed by atoms with Gasteiger partial charge < -0.3 is 0 Å². The minimum absolute atomic E-state index is 0.0101. The second-order valence-electron chi connectivity index (χ2n) is 23.0. The number of hydrogen-bond donors (Lipinski definition) is 0. The number of hydrogen-bond acceptors (Lipinski definition) is 8. The van der Waals surface area contributed by atoms with Crippen LogP contribution in [0.1, 0.15) is 184 Å². The number of rotatable bonds is 7. The van der Waals surface area contributed by atoms with E-state index in [0.29, 0.717) is 57.8 Å². The van der Waals surface area contributed by atoms with Crippen LogP contribution < -0.4 is 16.8 Å². The molecule has 4 aliphatic carbocycles. The van der Waals surface area contributed by atoms with Gasteiger partial charge in [0.05, 0.1) is 28.4 Å². The molecule has 8 atom stereocenters. The van der Waals surface area contributed by atoms with Crippen molar-refractivity contribution in [3.63, 3.8) is 0 Å². The molecule has 0 N–H and O–H groups in total. The maximum Gasteiger partial charge on any atom is 0.332 e. The van der Waals surface area contributed by atoms with E-state index in [0.717, 1.165) is 55.4 Å². The molecule has 8 aliphatic rings. The van der Waals surface area contributed by atoms with Crippen molar-refractivity contribution in [1.29, 1.82) is 0 Å². The van der Waals surface area contributed by atoms with Crippen LogP contribution in [0.2, 0.25) is 0 Å². The monoisotopic (exact) mass is 911 g/mol. The van der Waals surface area contributed by atoms with Crippen molar-refractivity contribution in [3.8, 4) is 0 Å². The fourth-order valence-electron chi connectivity index (χ4n) is 16.2. The molecule has 12 rings (SSSR count). The summed E-state index contributed by atoms with van der Waals surface area (Å²) in [4.78, 5) is 75.8. The molecule has 2 aromatic heterocycles. The molecule has 0 spiro atoms. The van der Waals surface area contributed by atoms with Crippen LogP contribution in [0.15, 0.2) is 62.9 Å². The molecule has 8 fully saturated rings. The average molecular weight is 911 g/mol. The van der Waals surface area contributed by atoms with Gasteiger partial charge in [-0.05, 0) is 145 Å². The second kappa shape index (κ2) is 18.9. The molecule has 358 valence electrons. The zero-order chi connectivity index (χ0) is 45.9. The van der Waals surface area contributed by atoms with Gasteiger partial charge in [-0.2, -0.15) is 0 Å². The molecule has 4 aromatic rings. The molecule has 2 aromatic carbocycles. The third kappa shape index (κ3) is 8.76. The highest BCUT2D eigenvalue weighted by Gasteiger charge is 2.47. The van der Waals surface area contributed by atoms with Crippen molar-refractivity contribution in [2.24, 2.45) is 23.7 Å². The summed E-state index contributed by atoms with van der Waals surface area (Å²) in [6.45, 7) is 3.06. The summed E-state index contributed by atoms with van der Waals surface area (Å²) in [5, 5.41) is 1.17. The van der Waals surface area contributed by atoms with E-state index < -0.39 is 0 Å². The number of Topliss-reactive ketones (excluding diaryl/α,β-unsaturated/α-hetero) is 2. The molecular weight excluding hydrogens is 837 g/mol. The molecule has 8 bridgehead atoms. The van der Waals surface area contributed by atoms with Crippen molar-refractivity contribution in [2.45, 2.75) is 216 Å². The third-order valence-electron chi connectivity index (χ3n) is 18.6. The summed E-state index contributed by atoms with van der Waals surface area (Å²) in [6.07, 6.45) is 29.3. The average Bonchev–Trinajstić information content (AvgIpc) is 3.48. The quantitative estimate of drug-likeness (QED) is 0.168. The molecule has 67 heavy (non-hydrogen) atoms. The van der Waals surface area contributed by atoms with Gasteiger partial charge in [0.2, 0.25) is 0 Å². The van der Waals surface area contributed by atoms with E-state index in [9.17, 15) is 24.0 Å². The van der Waals surface area contributed by atoms with E-state index in [4.69, 9.17) is 0 Å². The Morgan fingerprint density at radius 3 is 1.46 bits per heavy atom. The Labute approximate surface area is 395 Å². The molecule has 11 heteroatoms. The van der Waals surface area contributed by atoms with Gasteiger partial charge in [0, 0.05) is 55.3 Å². The van der Waals surface area contributed by atoms with Crippen LogP contribution >= 0.6 is 0 Å². The lowest BCUT2D eigenvalue weighted by molar-refractivity contribution is -0.117. The zero-order valence-corrected chi connectivity index (χ0v) is 40.2. The molecule has 0 radical (unpaired) electrons. The van der Waals surface area contributed by atoms with Crippen molar-refractivity contribution >= 4 is 33.4 Å². The van der Waals surface area contributed by atoms with Gasteiger partial charge in [-0.3, -0.25) is 42.7 Å². The lowest BCUT2D eigenvalue weighted by Gasteiger charge is -2.55. The van der Waals surface area contributed by atoms with Crippen LogP contribution in [-0.4, -0.2) is 76.3 Å². The van der Waals surface area contributed by atoms with Crippen molar-refractivity contribution in [3.05, 3.63) is 85.5 Å². The van der Waals surface area contributed by atoms with Crippen molar-refractivity contribution in [2.75, 3.05) is 0 Å². The molecule has 4 saturated heterocycles. The standard InChI is InChI=1S/C29H39N3O3.C27H35N3O2/c1-19(33)18-30-27-12-5-4-11-26(27)28(34)32(29(30)35)25-16-22-9-6-10-23(17-25)31(22)24-14-20-7-2-3-8-21(13-20)15-24;1-17(31)26-28-25-11-3-2-10-24(25)27(32)30(26)23-15-20-8-5-9-21(16-23)29(20)22-13-18-6-4-7-19(12-18)14-22/h4-5,11-12,20-25H,2-3,6-10,13-18H2,1H3;2-3,10-11,18-23H,4-9,12-16H2,1H3. The van der Waals surface area contributed by atoms with E-state index in [1.807, 2.05) is 36.4 Å². The van der Waals surface area contributed by atoms with E-state index in [2.05, 4.69) is 14.8 Å². The van der Waals surface area contributed by atoms with Crippen molar-refractivity contribution < 1.29 is 9.59 Å². The first-order valence-electron chi connectivity index (χ1n) is 26.9. The normalized spacial score (nSPS) is 34.2. The minimum Gasteiger partial charge on any atom is -0.298 e. The molecule has 11 nitrogen and oxygen atoms in total. The minimum atomic E-state index is -0.316. The van der Waals surface area contributed by atoms with Crippen LogP contribution in [-0.2, 0) is 11.3 Å². The number of para-hydroxylation sites is 2. The van der Waals surface area contributed by atoms with Gasteiger partial charge in [-0.25, -0.2) is 9.78 Å². The first-order chi connectivity index (χ1) is 32.6. The Morgan fingerprint density at radius 2 is 0.940 bits per heavy atom. The first kappa shape index (κ1) is 45.2. The number of nitrogens with zero attached hydrogens (tertiary/aromatic N) is 6. The molecule has 0 amide bonds. The number of benzene rings is 2. The van der Waals surface area contributed by atoms with Gasteiger partial charge in [-0.15, -0.1) is 0 Å². The summed E-state index contributed by atoms with van der Waals surface area (Å²) >= 11 is 0. The lowest BCUT2D eigenvalue weighted by Crippen LogP contribution is -2.59. The number of fused-ring (bicyclic) bond motifs is 10. The summed E-state index contributed by atoms with van der Waals surface area (Å²) < 4.78 is 4.82. The highest BCUT2D eigenvalue weighted by atomic mass is 16.2.